The van der Waals surface area contributed by atoms with Crippen molar-refractivity contribution in [1.29, 1.82) is 0 Å². The zero-order valence-electron chi connectivity index (χ0n) is 8.59. The topological polar surface area (TPSA) is 44.6 Å². The molecule has 0 amide bonds. The maximum atomic E-state index is 8.90. The summed E-state index contributed by atoms with van der Waals surface area (Å²) in [5.74, 6) is 0.625. The number of nitrogens with zero attached hydrogens (tertiary/aromatic N) is 1. The van der Waals surface area contributed by atoms with E-state index in [1.807, 2.05) is 0 Å². The summed E-state index contributed by atoms with van der Waals surface area (Å²) >= 11 is 0. The highest BCUT2D eigenvalue weighted by atomic mass is 16.4. The third-order valence-electron chi connectivity index (χ3n) is 3.81. The average molecular weight is 182 g/mol. The molecule has 1 aliphatic carbocycles. The summed E-state index contributed by atoms with van der Waals surface area (Å²) < 4.78 is 0. The molecule has 0 spiro atoms. The first kappa shape index (κ1) is 9.00. The molecule has 1 saturated carbocycles. The second-order valence-electron chi connectivity index (χ2n) is 5.17. The monoisotopic (exact) mass is 182 g/mol. The van der Waals surface area contributed by atoms with Crippen LogP contribution in [0.3, 0.4) is 0 Å². The van der Waals surface area contributed by atoms with Gasteiger partial charge in [-0.15, -0.1) is 0 Å². The van der Waals surface area contributed by atoms with Crippen LogP contribution in [0, 0.1) is 5.92 Å². The summed E-state index contributed by atoms with van der Waals surface area (Å²) in [4.78, 5) is 0. The van der Waals surface area contributed by atoms with Crippen LogP contribution in [0.5, 0.6) is 0 Å². The van der Waals surface area contributed by atoms with Crippen LogP contribution < -0.4 is 5.32 Å². The molecule has 0 aromatic heterocycles. The minimum atomic E-state index is -0.0625. The van der Waals surface area contributed by atoms with Crippen molar-refractivity contribution in [2.75, 3.05) is 0 Å². The van der Waals surface area contributed by atoms with E-state index in [-0.39, 0.29) is 11.1 Å². The Morgan fingerprint density at radius 3 is 2.62 bits per heavy atom. The van der Waals surface area contributed by atoms with Crippen molar-refractivity contribution < 1.29 is 5.21 Å². The zero-order chi connectivity index (χ0) is 9.69. The maximum absolute atomic E-state index is 8.90. The zero-order valence-corrected chi connectivity index (χ0v) is 8.59. The fourth-order valence-electron chi connectivity index (χ4n) is 2.88. The van der Waals surface area contributed by atoms with Gasteiger partial charge >= 0.3 is 0 Å². The maximum Gasteiger partial charge on any atom is 0.0771 e. The number of fused-ring (bicyclic) bond motifs is 3. The largest absolute Gasteiger partial charge is 0.411 e. The Hall–Kier alpha value is -0.570. The van der Waals surface area contributed by atoms with Gasteiger partial charge in [0.1, 0.15) is 0 Å². The Kier molecular flexibility index (Phi) is 1.71. The van der Waals surface area contributed by atoms with Crippen LogP contribution in [0.15, 0.2) is 5.16 Å². The van der Waals surface area contributed by atoms with Gasteiger partial charge in [0.25, 0.3) is 0 Å². The summed E-state index contributed by atoms with van der Waals surface area (Å²) in [6.07, 6.45) is 3.29. The van der Waals surface area contributed by atoms with E-state index >= 15 is 0 Å². The highest BCUT2D eigenvalue weighted by Gasteiger charge is 2.50. The molecule has 3 nitrogen and oxygen atoms in total. The van der Waals surface area contributed by atoms with Crippen molar-refractivity contribution >= 4 is 5.71 Å². The van der Waals surface area contributed by atoms with Gasteiger partial charge in [-0.3, -0.25) is 0 Å². The second-order valence-corrected chi connectivity index (χ2v) is 5.17. The van der Waals surface area contributed by atoms with Gasteiger partial charge in [0, 0.05) is 5.54 Å². The van der Waals surface area contributed by atoms with Gasteiger partial charge in [-0.05, 0) is 46.0 Å². The minimum absolute atomic E-state index is 0.0625. The fourth-order valence-corrected chi connectivity index (χ4v) is 2.88. The van der Waals surface area contributed by atoms with E-state index in [2.05, 4.69) is 31.2 Å². The van der Waals surface area contributed by atoms with E-state index in [0.717, 1.165) is 18.6 Å². The smallest absolute Gasteiger partial charge is 0.0771 e. The third kappa shape index (κ3) is 1.17. The molecule has 3 fully saturated rings. The summed E-state index contributed by atoms with van der Waals surface area (Å²) in [5.41, 5.74) is 1.07. The molecule has 2 aliphatic heterocycles. The van der Waals surface area contributed by atoms with Crippen molar-refractivity contribution in [3.63, 3.8) is 0 Å². The van der Waals surface area contributed by atoms with Crippen molar-refractivity contribution in [3.8, 4) is 0 Å². The van der Waals surface area contributed by atoms with Crippen LogP contribution in [-0.4, -0.2) is 22.0 Å². The van der Waals surface area contributed by atoms with E-state index in [9.17, 15) is 0 Å². The molecule has 2 N–H and O–H groups in total. The Balaban J connectivity index is 2.34. The number of oxime groups is 1. The number of nitrogens with one attached hydrogen (secondary N) is 1. The third-order valence-corrected chi connectivity index (χ3v) is 3.81. The molecule has 2 saturated heterocycles. The van der Waals surface area contributed by atoms with E-state index < -0.39 is 0 Å². The van der Waals surface area contributed by atoms with Crippen LogP contribution in [0.25, 0.3) is 0 Å². The van der Waals surface area contributed by atoms with Crippen LogP contribution in [0.2, 0.25) is 0 Å². The molecule has 13 heavy (non-hydrogen) atoms. The molecule has 0 radical (unpaired) electrons. The lowest BCUT2D eigenvalue weighted by Crippen LogP contribution is -2.69. The molecule has 3 rings (SSSR count). The van der Waals surface area contributed by atoms with Gasteiger partial charge < -0.3 is 10.5 Å². The van der Waals surface area contributed by atoms with Crippen LogP contribution in [-0.2, 0) is 0 Å². The van der Waals surface area contributed by atoms with E-state index in [4.69, 9.17) is 5.21 Å². The Bertz CT molecular complexity index is 260. The lowest BCUT2D eigenvalue weighted by Gasteiger charge is -2.55. The highest BCUT2D eigenvalue weighted by molar-refractivity contribution is 5.94. The Labute approximate surface area is 79.2 Å². The minimum Gasteiger partial charge on any atom is -0.411 e. The summed E-state index contributed by atoms with van der Waals surface area (Å²) in [6, 6.07) is 0. The first-order valence-electron chi connectivity index (χ1n) is 4.99. The van der Waals surface area contributed by atoms with Gasteiger partial charge in [0.2, 0.25) is 0 Å². The molecule has 3 aliphatic rings. The number of hydrogen-bond acceptors (Lipinski definition) is 3. The van der Waals surface area contributed by atoms with Gasteiger partial charge in [0.15, 0.2) is 0 Å². The van der Waals surface area contributed by atoms with Gasteiger partial charge in [0.05, 0.1) is 11.3 Å². The quantitative estimate of drug-likeness (QED) is 0.443. The summed E-state index contributed by atoms with van der Waals surface area (Å²) in [5, 5.41) is 15.9. The van der Waals surface area contributed by atoms with E-state index in [0.29, 0.717) is 5.92 Å². The summed E-state index contributed by atoms with van der Waals surface area (Å²) in [6.45, 7) is 6.62. The average Bonchev–Trinajstić information content (AvgIpc) is 2.01. The first-order valence-corrected chi connectivity index (χ1v) is 4.99. The molecular weight excluding hydrogens is 164 g/mol. The normalized spacial score (nSPS) is 45.5. The number of rotatable bonds is 0. The van der Waals surface area contributed by atoms with Crippen LogP contribution in [0.4, 0.5) is 0 Å². The lowest BCUT2D eigenvalue weighted by atomic mass is 9.63. The van der Waals surface area contributed by atoms with Gasteiger partial charge in [-0.25, -0.2) is 0 Å². The number of hydrogen-bond donors (Lipinski definition) is 2. The molecule has 3 heteroatoms. The molecule has 74 valence electrons. The molecule has 0 aromatic rings. The molecule has 2 bridgehead atoms. The van der Waals surface area contributed by atoms with Crippen molar-refractivity contribution in [1.82, 2.24) is 5.32 Å². The van der Waals surface area contributed by atoms with Crippen LogP contribution in [0.1, 0.15) is 40.0 Å². The molecule has 2 atom stereocenters. The van der Waals surface area contributed by atoms with Crippen LogP contribution >= 0.6 is 0 Å². The first-order chi connectivity index (χ1) is 5.98. The SMILES string of the molecule is CC1(C)N[C@]2(C)CC[C@H]1C/C2=N\O. The highest BCUT2D eigenvalue weighted by Crippen LogP contribution is 2.43. The molecule has 0 unspecified atom stereocenters. The Morgan fingerprint density at radius 1 is 1.46 bits per heavy atom. The van der Waals surface area contributed by atoms with E-state index in [1.165, 1.54) is 6.42 Å². The van der Waals surface area contributed by atoms with Gasteiger partial charge in [-0.1, -0.05) is 5.16 Å². The van der Waals surface area contributed by atoms with Crippen molar-refractivity contribution in [2.24, 2.45) is 11.1 Å². The summed E-state index contributed by atoms with van der Waals surface area (Å²) in [7, 11) is 0. The molecule has 2 heterocycles. The lowest BCUT2D eigenvalue weighted by molar-refractivity contribution is 0.107. The van der Waals surface area contributed by atoms with Crippen molar-refractivity contribution in [2.45, 2.75) is 51.1 Å². The van der Waals surface area contributed by atoms with E-state index in [1.54, 1.807) is 0 Å². The predicted octanol–water partition coefficient (Wildman–Crippen LogP) is 1.76. The number of piperidine rings is 2. The standard InChI is InChI=1S/C10H18N2O/c1-9(2)7-4-5-10(3,12-9)8(6-7)11-13/h7,12-13H,4-6H2,1-3H3/b11-8+/t7-,10+/m0/s1. The molecule has 0 aromatic carbocycles. The van der Waals surface area contributed by atoms with Gasteiger partial charge in [-0.2, -0.15) is 0 Å². The molecular formula is C10H18N2O. The predicted molar refractivity (Wildman–Crippen MR) is 52.2 cm³/mol. The Morgan fingerprint density at radius 2 is 2.15 bits per heavy atom. The fraction of sp³-hybridized carbons (Fsp3) is 0.900. The van der Waals surface area contributed by atoms with Crippen molar-refractivity contribution in [3.05, 3.63) is 0 Å². The second kappa shape index (κ2) is 2.47.